The SMILES string of the molecule is CC1c2ccccc2SC1CO. The molecule has 2 atom stereocenters. The molecule has 0 bridgehead atoms. The van der Waals surface area contributed by atoms with Crippen LogP contribution >= 0.6 is 11.8 Å². The van der Waals surface area contributed by atoms with Gasteiger partial charge >= 0.3 is 0 Å². The van der Waals surface area contributed by atoms with E-state index in [4.69, 9.17) is 5.11 Å². The highest BCUT2D eigenvalue weighted by molar-refractivity contribution is 8.00. The van der Waals surface area contributed by atoms with Gasteiger partial charge in [-0.25, -0.2) is 0 Å². The van der Waals surface area contributed by atoms with Gasteiger partial charge < -0.3 is 5.11 Å². The molecule has 1 aromatic carbocycles. The van der Waals surface area contributed by atoms with Crippen LogP contribution in [-0.4, -0.2) is 17.0 Å². The Hall–Kier alpha value is -0.470. The Morgan fingerprint density at radius 3 is 2.83 bits per heavy atom. The highest BCUT2D eigenvalue weighted by Gasteiger charge is 2.28. The summed E-state index contributed by atoms with van der Waals surface area (Å²) in [6.45, 7) is 2.46. The standard InChI is InChI=1S/C10H12OS/c1-7-8-4-2-3-5-9(8)12-10(7)6-11/h2-5,7,10-11H,6H2,1H3. The first-order chi connectivity index (χ1) is 5.83. The second-order valence-corrected chi connectivity index (χ2v) is 4.45. The summed E-state index contributed by atoms with van der Waals surface area (Å²) in [5, 5.41) is 9.45. The van der Waals surface area contributed by atoms with Crippen LogP contribution in [0.5, 0.6) is 0 Å². The molecule has 64 valence electrons. The van der Waals surface area contributed by atoms with Gasteiger partial charge in [0.05, 0.1) is 6.61 Å². The first kappa shape index (κ1) is 8.14. The molecule has 0 saturated heterocycles. The van der Waals surface area contributed by atoms with Gasteiger partial charge in [0, 0.05) is 10.1 Å². The third kappa shape index (κ3) is 1.15. The monoisotopic (exact) mass is 180 g/mol. The number of benzene rings is 1. The Labute approximate surface area is 76.8 Å². The van der Waals surface area contributed by atoms with Crippen molar-refractivity contribution >= 4 is 11.8 Å². The molecule has 1 N–H and O–H groups in total. The lowest BCUT2D eigenvalue weighted by Gasteiger charge is -2.10. The van der Waals surface area contributed by atoms with E-state index in [0.717, 1.165) is 0 Å². The Balaban J connectivity index is 2.35. The molecule has 2 rings (SSSR count). The van der Waals surface area contributed by atoms with E-state index in [1.54, 1.807) is 11.8 Å². The maximum absolute atomic E-state index is 9.09. The molecule has 0 amide bonds. The van der Waals surface area contributed by atoms with Gasteiger partial charge in [-0.15, -0.1) is 11.8 Å². The number of aliphatic hydroxyl groups excluding tert-OH is 1. The van der Waals surface area contributed by atoms with Crippen LogP contribution in [0.4, 0.5) is 0 Å². The molecular weight excluding hydrogens is 168 g/mol. The van der Waals surface area contributed by atoms with Gasteiger partial charge in [-0.05, 0) is 17.5 Å². The lowest BCUT2D eigenvalue weighted by atomic mass is 9.98. The predicted octanol–water partition coefficient (Wildman–Crippen LogP) is 2.26. The molecule has 1 heterocycles. The fraction of sp³-hybridized carbons (Fsp3) is 0.400. The smallest absolute Gasteiger partial charge is 0.0559 e. The van der Waals surface area contributed by atoms with Crippen LogP contribution in [-0.2, 0) is 0 Å². The van der Waals surface area contributed by atoms with Crippen molar-refractivity contribution < 1.29 is 5.11 Å². The van der Waals surface area contributed by atoms with Crippen LogP contribution in [0.1, 0.15) is 18.4 Å². The second kappa shape index (κ2) is 3.11. The van der Waals surface area contributed by atoms with Gasteiger partial charge in [-0.1, -0.05) is 25.1 Å². The molecule has 1 nitrogen and oxygen atoms in total. The van der Waals surface area contributed by atoms with E-state index in [2.05, 4.69) is 31.2 Å². The highest BCUT2D eigenvalue weighted by atomic mass is 32.2. The van der Waals surface area contributed by atoms with Crippen molar-refractivity contribution in [1.82, 2.24) is 0 Å². The molecule has 0 aliphatic carbocycles. The summed E-state index contributed by atoms with van der Waals surface area (Å²) in [4.78, 5) is 1.34. The third-order valence-electron chi connectivity index (χ3n) is 2.43. The van der Waals surface area contributed by atoms with Crippen LogP contribution in [0, 0.1) is 0 Å². The van der Waals surface area contributed by atoms with Crippen molar-refractivity contribution in [3.8, 4) is 0 Å². The predicted molar refractivity (Wildman–Crippen MR) is 51.6 cm³/mol. The summed E-state index contributed by atoms with van der Waals surface area (Å²) in [5.41, 5.74) is 1.39. The molecule has 12 heavy (non-hydrogen) atoms. The van der Waals surface area contributed by atoms with Gasteiger partial charge in [-0.3, -0.25) is 0 Å². The molecule has 0 aromatic heterocycles. The van der Waals surface area contributed by atoms with Gasteiger partial charge in [0.1, 0.15) is 0 Å². The van der Waals surface area contributed by atoms with Crippen LogP contribution in [0.15, 0.2) is 29.2 Å². The quantitative estimate of drug-likeness (QED) is 0.715. The zero-order chi connectivity index (χ0) is 8.55. The van der Waals surface area contributed by atoms with Crippen LogP contribution in [0.25, 0.3) is 0 Å². The fourth-order valence-corrected chi connectivity index (χ4v) is 2.92. The molecule has 2 heteroatoms. The summed E-state index contributed by atoms with van der Waals surface area (Å²) < 4.78 is 0. The van der Waals surface area contributed by atoms with E-state index < -0.39 is 0 Å². The molecule has 1 aromatic rings. The average Bonchev–Trinajstić information content (AvgIpc) is 2.44. The maximum atomic E-state index is 9.09. The fourth-order valence-electron chi connectivity index (χ4n) is 1.62. The maximum Gasteiger partial charge on any atom is 0.0559 e. The van der Waals surface area contributed by atoms with Crippen molar-refractivity contribution in [3.05, 3.63) is 29.8 Å². The molecular formula is C10H12OS. The normalized spacial score (nSPS) is 27.2. The van der Waals surface area contributed by atoms with Gasteiger partial charge in [0.15, 0.2) is 0 Å². The number of hydrogen-bond donors (Lipinski definition) is 1. The number of hydrogen-bond acceptors (Lipinski definition) is 2. The van der Waals surface area contributed by atoms with E-state index >= 15 is 0 Å². The van der Waals surface area contributed by atoms with Crippen LogP contribution < -0.4 is 0 Å². The van der Waals surface area contributed by atoms with Crippen molar-refractivity contribution in [2.24, 2.45) is 0 Å². The molecule has 1 aliphatic heterocycles. The van der Waals surface area contributed by atoms with Crippen LogP contribution in [0.2, 0.25) is 0 Å². The number of aliphatic hydroxyl groups is 1. The molecule has 1 aliphatic rings. The lowest BCUT2D eigenvalue weighted by Crippen LogP contribution is -2.10. The van der Waals surface area contributed by atoms with E-state index in [1.165, 1.54) is 10.5 Å². The van der Waals surface area contributed by atoms with E-state index in [0.29, 0.717) is 11.2 Å². The lowest BCUT2D eigenvalue weighted by molar-refractivity contribution is 0.286. The number of thioether (sulfide) groups is 1. The topological polar surface area (TPSA) is 20.2 Å². The average molecular weight is 180 g/mol. The largest absolute Gasteiger partial charge is 0.395 e. The highest BCUT2D eigenvalue weighted by Crippen LogP contribution is 2.44. The minimum Gasteiger partial charge on any atom is -0.395 e. The molecule has 0 fully saturated rings. The van der Waals surface area contributed by atoms with E-state index in [1.807, 2.05) is 0 Å². The van der Waals surface area contributed by atoms with Crippen molar-refractivity contribution in [2.45, 2.75) is 23.0 Å². The number of fused-ring (bicyclic) bond motifs is 1. The van der Waals surface area contributed by atoms with Gasteiger partial charge in [0.25, 0.3) is 0 Å². The minimum absolute atomic E-state index is 0.278. The van der Waals surface area contributed by atoms with Crippen molar-refractivity contribution in [2.75, 3.05) is 6.61 Å². The van der Waals surface area contributed by atoms with Gasteiger partial charge in [-0.2, -0.15) is 0 Å². The molecule has 0 radical (unpaired) electrons. The zero-order valence-electron chi connectivity index (χ0n) is 7.03. The summed E-state index contributed by atoms with van der Waals surface area (Å²) in [7, 11) is 0. The summed E-state index contributed by atoms with van der Waals surface area (Å²) in [6.07, 6.45) is 0. The van der Waals surface area contributed by atoms with Crippen molar-refractivity contribution in [1.29, 1.82) is 0 Å². The number of rotatable bonds is 1. The Morgan fingerprint density at radius 1 is 1.42 bits per heavy atom. The first-order valence-electron chi connectivity index (χ1n) is 4.19. The Bertz CT molecular complexity index is 285. The second-order valence-electron chi connectivity index (χ2n) is 3.17. The molecule has 0 saturated carbocycles. The third-order valence-corrected chi connectivity index (χ3v) is 3.91. The summed E-state index contributed by atoms with van der Waals surface area (Å²) >= 11 is 1.79. The summed E-state index contributed by atoms with van der Waals surface area (Å²) in [6, 6.07) is 8.41. The molecule has 2 unspecified atom stereocenters. The van der Waals surface area contributed by atoms with Gasteiger partial charge in [0.2, 0.25) is 0 Å². The molecule has 0 spiro atoms. The van der Waals surface area contributed by atoms with E-state index in [-0.39, 0.29) is 6.61 Å². The van der Waals surface area contributed by atoms with Crippen LogP contribution in [0.3, 0.4) is 0 Å². The summed E-state index contributed by atoms with van der Waals surface area (Å²) in [5.74, 6) is 0.496. The zero-order valence-corrected chi connectivity index (χ0v) is 7.84. The Morgan fingerprint density at radius 2 is 2.17 bits per heavy atom. The minimum atomic E-state index is 0.278. The Kier molecular flexibility index (Phi) is 2.11. The first-order valence-corrected chi connectivity index (χ1v) is 5.07. The van der Waals surface area contributed by atoms with E-state index in [9.17, 15) is 0 Å². The van der Waals surface area contributed by atoms with Crippen molar-refractivity contribution in [3.63, 3.8) is 0 Å².